The van der Waals surface area contributed by atoms with Gasteiger partial charge in [-0.1, -0.05) is 11.8 Å². The zero-order valence-corrected chi connectivity index (χ0v) is 13.2. The summed E-state index contributed by atoms with van der Waals surface area (Å²) in [5.41, 5.74) is 2.54. The highest BCUT2D eigenvalue weighted by Gasteiger charge is 2.24. The number of aromatic amines is 1. The number of carbonyl (C=O) groups is 2. The van der Waals surface area contributed by atoms with Crippen molar-refractivity contribution in [3.05, 3.63) is 41.0 Å². The first-order valence-corrected chi connectivity index (χ1v) is 7.47. The first kappa shape index (κ1) is 15.4. The second kappa shape index (κ2) is 6.22. The summed E-state index contributed by atoms with van der Waals surface area (Å²) in [6.07, 6.45) is 3.29. The van der Waals surface area contributed by atoms with Gasteiger partial charge in [0.15, 0.2) is 16.7 Å². The van der Waals surface area contributed by atoms with E-state index >= 15 is 0 Å². The molecule has 0 radical (unpaired) electrons. The van der Waals surface area contributed by atoms with Crippen LogP contribution >= 0.6 is 11.8 Å². The second-order valence-electron chi connectivity index (χ2n) is 4.84. The van der Waals surface area contributed by atoms with Gasteiger partial charge in [-0.05, 0) is 39.3 Å². The summed E-state index contributed by atoms with van der Waals surface area (Å²) in [4.78, 5) is 35.4. The SMILES string of the molecule is CC(=O)c1c(C)[nH]c(C(=O)[C@@H](C)Sc2ncccn2)c1C. The minimum absolute atomic E-state index is 0.0352. The molecular weight excluding hydrogens is 286 g/mol. The van der Waals surface area contributed by atoms with Crippen LogP contribution in [0.5, 0.6) is 0 Å². The van der Waals surface area contributed by atoms with E-state index in [1.807, 2.05) is 6.92 Å². The molecule has 1 N–H and O–H groups in total. The zero-order valence-electron chi connectivity index (χ0n) is 12.4. The summed E-state index contributed by atoms with van der Waals surface area (Å²) in [6.45, 7) is 6.92. The highest BCUT2D eigenvalue weighted by molar-refractivity contribution is 8.00. The first-order valence-electron chi connectivity index (χ1n) is 6.59. The lowest BCUT2D eigenvalue weighted by Gasteiger charge is -2.08. The number of thioether (sulfide) groups is 1. The lowest BCUT2D eigenvalue weighted by atomic mass is 10.0. The Morgan fingerprint density at radius 1 is 1.24 bits per heavy atom. The lowest BCUT2D eigenvalue weighted by Crippen LogP contribution is -2.15. The van der Waals surface area contributed by atoms with Crippen LogP contribution < -0.4 is 0 Å². The van der Waals surface area contributed by atoms with Crippen LogP contribution in [0.3, 0.4) is 0 Å². The maximum Gasteiger partial charge on any atom is 0.192 e. The Morgan fingerprint density at radius 2 is 1.86 bits per heavy atom. The van der Waals surface area contributed by atoms with Gasteiger partial charge in [0.2, 0.25) is 0 Å². The molecule has 2 rings (SSSR count). The van der Waals surface area contributed by atoms with Crippen LogP contribution in [0, 0.1) is 13.8 Å². The van der Waals surface area contributed by atoms with Gasteiger partial charge >= 0.3 is 0 Å². The number of ketones is 2. The van der Waals surface area contributed by atoms with Crippen molar-refractivity contribution in [2.75, 3.05) is 0 Å². The van der Waals surface area contributed by atoms with E-state index in [9.17, 15) is 9.59 Å². The highest BCUT2D eigenvalue weighted by atomic mass is 32.2. The Morgan fingerprint density at radius 3 is 2.38 bits per heavy atom. The molecule has 110 valence electrons. The molecule has 2 aromatic heterocycles. The maximum atomic E-state index is 12.5. The quantitative estimate of drug-likeness (QED) is 0.522. The third-order valence-corrected chi connectivity index (χ3v) is 4.22. The molecule has 0 aliphatic rings. The molecule has 0 spiro atoms. The average molecular weight is 303 g/mol. The summed E-state index contributed by atoms with van der Waals surface area (Å²) < 4.78 is 0. The van der Waals surface area contributed by atoms with Crippen molar-refractivity contribution in [1.82, 2.24) is 15.0 Å². The molecule has 0 saturated heterocycles. The number of nitrogens with one attached hydrogen (secondary N) is 1. The van der Waals surface area contributed by atoms with Gasteiger partial charge in [-0.15, -0.1) is 0 Å². The Hall–Kier alpha value is -1.95. The summed E-state index contributed by atoms with van der Waals surface area (Å²) in [5, 5.41) is 0.232. The number of aryl methyl sites for hydroxylation is 1. The average Bonchev–Trinajstić information content (AvgIpc) is 2.74. The van der Waals surface area contributed by atoms with Crippen LogP contribution in [0.4, 0.5) is 0 Å². The molecule has 0 aliphatic carbocycles. The molecule has 0 amide bonds. The van der Waals surface area contributed by atoms with E-state index in [0.29, 0.717) is 22.0 Å². The van der Waals surface area contributed by atoms with E-state index in [4.69, 9.17) is 0 Å². The third-order valence-electron chi connectivity index (χ3n) is 3.23. The predicted molar refractivity (Wildman–Crippen MR) is 82.0 cm³/mol. The van der Waals surface area contributed by atoms with Crippen molar-refractivity contribution in [3.8, 4) is 0 Å². The fourth-order valence-electron chi connectivity index (χ4n) is 2.29. The van der Waals surface area contributed by atoms with Gasteiger partial charge in [-0.25, -0.2) is 9.97 Å². The number of aromatic nitrogens is 3. The molecule has 5 nitrogen and oxygen atoms in total. The molecule has 21 heavy (non-hydrogen) atoms. The fourth-order valence-corrected chi connectivity index (χ4v) is 3.07. The smallest absolute Gasteiger partial charge is 0.192 e. The van der Waals surface area contributed by atoms with Crippen molar-refractivity contribution in [1.29, 1.82) is 0 Å². The molecular formula is C15H17N3O2S. The van der Waals surface area contributed by atoms with Crippen LogP contribution in [0.1, 0.15) is 46.0 Å². The minimum atomic E-state index is -0.330. The van der Waals surface area contributed by atoms with Crippen molar-refractivity contribution in [2.45, 2.75) is 38.1 Å². The lowest BCUT2D eigenvalue weighted by molar-refractivity contribution is 0.0988. The zero-order chi connectivity index (χ0) is 15.6. The van der Waals surface area contributed by atoms with Gasteiger partial charge in [-0.2, -0.15) is 0 Å². The van der Waals surface area contributed by atoms with Crippen molar-refractivity contribution in [2.24, 2.45) is 0 Å². The van der Waals surface area contributed by atoms with Gasteiger partial charge < -0.3 is 4.98 Å². The van der Waals surface area contributed by atoms with E-state index < -0.39 is 0 Å². The van der Waals surface area contributed by atoms with Crippen molar-refractivity contribution in [3.63, 3.8) is 0 Å². The van der Waals surface area contributed by atoms with Gasteiger partial charge in [0.25, 0.3) is 0 Å². The minimum Gasteiger partial charge on any atom is -0.355 e. The summed E-state index contributed by atoms with van der Waals surface area (Å²) >= 11 is 1.30. The fraction of sp³-hybridized carbons (Fsp3) is 0.333. The molecule has 0 aliphatic heterocycles. The monoisotopic (exact) mass is 303 g/mol. The molecule has 0 saturated carbocycles. The summed E-state index contributed by atoms with van der Waals surface area (Å²) in [6, 6.07) is 1.73. The number of nitrogens with zero attached hydrogens (tertiary/aromatic N) is 2. The molecule has 1 atom stereocenters. The standard InChI is InChI=1S/C15H17N3O2S/c1-8-12(10(3)19)9(2)18-13(8)14(20)11(4)21-15-16-6-5-7-17-15/h5-7,11,18H,1-4H3/t11-/m1/s1. The van der Waals surface area contributed by atoms with Crippen molar-refractivity contribution >= 4 is 23.3 Å². The molecule has 0 fully saturated rings. The maximum absolute atomic E-state index is 12.5. The first-order chi connectivity index (χ1) is 9.91. The molecule has 2 aromatic rings. The van der Waals surface area contributed by atoms with Gasteiger partial charge in [0, 0.05) is 23.7 Å². The summed E-state index contributed by atoms with van der Waals surface area (Å²) in [5.74, 6) is -0.0902. The van der Waals surface area contributed by atoms with E-state index in [1.54, 1.807) is 32.3 Å². The third kappa shape index (κ3) is 3.21. The van der Waals surface area contributed by atoms with Crippen LogP contribution in [0.15, 0.2) is 23.6 Å². The van der Waals surface area contributed by atoms with Crippen LogP contribution in [0.25, 0.3) is 0 Å². The normalized spacial score (nSPS) is 12.2. The molecule has 0 unspecified atom stereocenters. The Bertz CT molecular complexity index is 680. The van der Waals surface area contributed by atoms with Crippen LogP contribution in [-0.2, 0) is 0 Å². The molecule has 2 heterocycles. The van der Waals surface area contributed by atoms with E-state index in [-0.39, 0.29) is 16.8 Å². The Balaban J connectivity index is 2.24. The topological polar surface area (TPSA) is 75.7 Å². The molecule has 6 heteroatoms. The number of H-pyrrole nitrogens is 1. The Kier molecular flexibility index (Phi) is 4.57. The number of carbonyl (C=O) groups excluding carboxylic acids is 2. The van der Waals surface area contributed by atoms with Crippen molar-refractivity contribution < 1.29 is 9.59 Å². The Labute approximate surface area is 127 Å². The van der Waals surface area contributed by atoms with E-state index in [2.05, 4.69) is 15.0 Å². The number of Topliss-reactive ketones (excluding diaryl/α,β-unsaturated/α-hetero) is 2. The largest absolute Gasteiger partial charge is 0.355 e. The van der Waals surface area contributed by atoms with E-state index in [0.717, 1.165) is 5.69 Å². The number of hydrogen-bond acceptors (Lipinski definition) is 5. The van der Waals surface area contributed by atoms with Gasteiger partial charge in [-0.3, -0.25) is 9.59 Å². The summed E-state index contributed by atoms with van der Waals surface area (Å²) in [7, 11) is 0. The van der Waals surface area contributed by atoms with Crippen LogP contribution in [-0.4, -0.2) is 31.8 Å². The second-order valence-corrected chi connectivity index (χ2v) is 6.14. The van der Waals surface area contributed by atoms with E-state index in [1.165, 1.54) is 18.7 Å². The molecule has 0 aromatic carbocycles. The van der Waals surface area contributed by atoms with Gasteiger partial charge in [0.1, 0.15) is 0 Å². The highest BCUT2D eigenvalue weighted by Crippen LogP contribution is 2.25. The molecule has 0 bridgehead atoms. The number of rotatable bonds is 5. The van der Waals surface area contributed by atoms with Gasteiger partial charge in [0.05, 0.1) is 10.9 Å². The predicted octanol–water partition coefficient (Wildman–Crippen LogP) is 2.99. The number of hydrogen-bond donors (Lipinski definition) is 1. The van der Waals surface area contributed by atoms with Crippen LogP contribution in [0.2, 0.25) is 0 Å².